The van der Waals surface area contributed by atoms with Crippen LogP contribution in [0.3, 0.4) is 0 Å². The van der Waals surface area contributed by atoms with Crippen molar-refractivity contribution in [3.63, 3.8) is 0 Å². The standard InChI is InChI=1S/C20H25NO/c1-3-17(2)20(16-22)21(14-18-10-6-4-7-11-18)15-19-12-8-5-9-13-19/h4-13,16-17,20H,3,14-15H2,1-2H3/t17-,20+/m0/s1. The maximum absolute atomic E-state index is 11.7. The van der Waals surface area contributed by atoms with Gasteiger partial charge in [0.1, 0.15) is 6.29 Å². The molecule has 0 spiro atoms. The summed E-state index contributed by atoms with van der Waals surface area (Å²) in [4.78, 5) is 14.0. The van der Waals surface area contributed by atoms with E-state index >= 15 is 0 Å². The van der Waals surface area contributed by atoms with Gasteiger partial charge in [-0.15, -0.1) is 0 Å². The highest BCUT2D eigenvalue weighted by molar-refractivity contribution is 5.58. The Hall–Kier alpha value is -1.93. The Balaban J connectivity index is 2.21. The Kier molecular flexibility index (Phi) is 6.35. The van der Waals surface area contributed by atoms with Gasteiger partial charge in [0.25, 0.3) is 0 Å². The van der Waals surface area contributed by atoms with Gasteiger partial charge in [0.05, 0.1) is 6.04 Å². The molecule has 0 unspecified atom stereocenters. The maximum atomic E-state index is 11.7. The fourth-order valence-electron chi connectivity index (χ4n) is 2.72. The van der Waals surface area contributed by atoms with Crippen molar-refractivity contribution in [2.45, 2.75) is 39.4 Å². The second kappa shape index (κ2) is 8.50. The summed E-state index contributed by atoms with van der Waals surface area (Å²) in [6, 6.07) is 20.7. The molecule has 0 fully saturated rings. The monoisotopic (exact) mass is 295 g/mol. The molecule has 0 amide bonds. The van der Waals surface area contributed by atoms with Gasteiger partial charge in [-0.2, -0.15) is 0 Å². The van der Waals surface area contributed by atoms with Gasteiger partial charge in [-0.3, -0.25) is 4.90 Å². The number of carbonyl (C=O) groups excluding carboxylic acids is 1. The number of nitrogens with zero attached hydrogens (tertiary/aromatic N) is 1. The molecule has 0 aliphatic rings. The smallest absolute Gasteiger partial charge is 0.137 e. The highest BCUT2D eigenvalue weighted by atomic mass is 16.1. The first-order chi connectivity index (χ1) is 10.7. The minimum Gasteiger partial charge on any atom is -0.302 e. The van der Waals surface area contributed by atoms with E-state index in [-0.39, 0.29) is 6.04 Å². The second-order valence-electron chi connectivity index (χ2n) is 5.89. The zero-order chi connectivity index (χ0) is 15.8. The molecular formula is C20H25NO. The van der Waals surface area contributed by atoms with Crippen LogP contribution in [0.4, 0.5) is 0 Å². The molecule has 0 aliphatic heterocycles. The van der Waals surface area contributed by atoms with Crippen LogP contribution in [0.1, 0.15) is 31.4 Å². The van der Waals surface area contributed by atoms with Gasteiger partial charge in [-0.05, 0) is 17.0 Å². The quantitative estimate of drug-likeness (QED) is 0.677. The third-order valence-corrected chi connectivity index (χ3v) is 4.25. The minimum absolute atomic E-state index is 0.0505. The van der Waals surface area contributed by atoms with Crippen molar-refractivity contribution in [3.05, 3.63) is 71.8 Å². The molecule has 0 heterocycles. The molecule has 2 atom stereocenters. The first kappa shape index (κ1) is 16.4. The highest BCUT2D eigenvalue weighted by Crippen LogP contribution is 2.19. The fourth-order valence-corrected chi connectivity index (χ4v) is 2.72. The molecule has 0 saturated carbocycles. The van der Waals surface area contributed by atoms with Crippen LogP contribution in [0.5, 0.6) is 0 Å². The fraction of sp³-hybridized carbons (Fsp3) is 0.350. The largest absolute Gasteiger partial charge is 0.302 e. The van der Waals surface area contributed by atoms with Crippen LogP contribution in [0.25, 0.3) is 0 Å². The van der Waals surface area contributed by atoms with Gasteiger partial charge >= 0.3 is 0 Å². The van der Waals surface area contributed by atoms with Crippen LogP contribution in [0.2, 0.25) is 0 Å². The SMILES string of the molecule is CC[C@H](C)[C@@H](C=O)N(Cc1ccccc1)Cc1ccccc1. The van der Waals surface area contributed by atoms with Crippen LogP contribution in [-0.2, 0) is 17.9 Å². The third kappa shape index (κ3) is 4.54. The molecule has 2 rings (SSSR count). The van der Waals surface area contributed by atoms with E-state index in [9.17, 15) is 4.79 Å². The summed E-state index contributed by atoms with van der Waals surface area (Å²) in [7, 11) is 0. The lowest BCUT2D eigenvalue weighted by molar-refractivity contribution is -0.114. The molecule has 2 nitrogen and oxygen atoms in total. The van der Waals surface area contributed by atoms with Crippen molar-refractivity contribution in [2.75, 3.05) is 0 Å². The predicted octanol–water partition coefficient (Wildman–Crippen LogP) is 4.30. The summed E-state index contributed by atoms with van der Waals surface area (Å²) in [6.07, 6.45) is 2.11. The molecule has 2 aromatic rings. The Morgan fingerprint density at radius 1 is 0.909 bits per heavy atom. The van der Waals surface area contributed by atoms with Gasteiger partial charge in [-0.25, -0.2) is 0 Å². The van der Waals surface area contributed by atoms with E-state index in [0.29, 0.717) is 5.92 Å². The van der Waals surface area contributed by atoms with Gasteiger partial charge in [0, 0.05) is 13.1 Å². The lowest BCUT2D eigenvalue weighted by Crippen LogP contribution is -2.40. The normalized spacial score (nSPS) is 13.8. The number of rotatable bonds is 8. The summed E-state index contributed by atoms with van der Waals surface area (Å²) in [5, 5.41) is 0. The number of carbonyl (C=O) groups is 1. The summed E-state index contributed by atoms with van der Waals surface area (Å²) >= 11 is 0. The third-order valence-electron chi connectivity index (χ3n) is 4.25. The zero-order valence-electron chi connectivity index (χ0n) is 13.5. The Morgan fingerprint density at radius 2 is 1.36 bits per heavy atom. The van der Waals surface area contributed by atoms with Crippen LogP contribution in [-0.4, -0.2) is 17.2 Å². The minimum atomic E-state index is -0.0505. The number of hydrogen-bond acceptors (Lipinski definition) is 2. The molecule has 0 N–H and O–H groups in total. The lowest BCUT2D eigenvalue weighted by Gasteiger charge is -2.32. The van der Waals surface area contributed by atoms with E-state index in [4.69, 9.17) is 0 Å². The maximum Gasteiger partial charge on any atom is 0.137 e. The van der Waals surface area contributed by atoms with Crippen LogP contribution in [0.15, 0.2) is 60.7 Å². The zero-order valence-corrected chi connectivity index (χ0v) is 13.5. The summed E-state index contributed by atoms with van der Waals surface area (Å²) in [5.41, 5.74) is 2.49. The lowest BCUT2D eigenvalue weighted by atomic mass is 9.97. The van der Waals surface area contributed by atoms with Crippen molar-refractivity contribution in [1.29, 1.82) is 0 Å². The van der Waals surface area contributed by atoms with Gasteiger partial charge < -0.3 is 4.79 Å². The number of aldehydes is 1. The Labute approximate surface area is 133 Å². The van der Waals surface area contributed by atoms with Crippen molar-refractivity contribution in [3.8, 4) is 0 Å². The topological polar surface area (TPSA) is 20.3 Å². The first-order valence-electron chi connectivity index (χ1n) is 8.01. The van der Waals surface area contributed by atoms with E-state index in [1.807, 2.05) is 12.1 Å². The molecule has 22 heavy (non-hydrogen) atoms. The average Bonchev–Trinajstić information content (AvgIpc) is 2.57. The van der Waals surface area contributed by atoms with Crippen molar-refractivity contribution >= 4 is 6.29 Å². The van der Waals surface area contributed by atoms with Crippen molar-refractivity contribution < 1.29 is 4.79 Å². The van der Waals surface area contributed by atoms with E-state index in [1.54, 1.807) is 0 Å². The first-order valence-corrected chi connectivity index (χ1v) is 8.01. The molecule has 2 aromatic carbocycles. The van der Waals surface area contributed by atoms with E-state index in [2.05, 4.69) is 67.3 Å². The molecule has 0 saturated heterocycles. The number of benzene rings is 2. The van der Waals surface area contributed by atoms with Crippen LogP contribution in [0, 0.1) is 5.92 Å². The second-order valence-corrected chi connectivity index (χ2v) is 5.89. The average molecular weight is 295 g/mol. The molecule has 0 radical (unpaired) electrons. The van der Waals surface area contributed by atoms with Crippen LogP contribution >= 0.6 is 0 Å². The molecule has 0 bridgehead atoms. The van der Waals surface area contributed by atoms with Gasteiger partial charge in [0.15, 0.2) is 0 Å². The molecule has 0 aliphatic carbocycles. The number of hydrogen-bond donors (Lipinski definition) is 0. The molecule has 2 heteroatoms. The molecule has 116 valence electrons. The van der Waals surface area contributed by atoms with Crippen molar-refractivity contribution in [2.24, 2.45) is 5.92 Å². The van der Waals surface area contributed by atoms with Gasteiger partial charge in [-0.1, -0.05) is 80.9 Å². The summed E-state index contributed by atoms with van der Waals surface area (Å²) < 4.78 is 0. The molecular weight excluding hydrogens is 270 g/mol. The summed E-state index contributed by atoms with van der Waals surface area (Å²) in [5.74, 6) is 0.352. The summed E-state index contributed by atoms with van der Waals surface area (Å²) in [6.45, 7) is 5.89. The predicted molar refractivity (Wildman–Crippen MR) is 91.4 cm³/mol. The van der Waals surface area contributed by atoms with Crippen molar-refractivity contribution in [1.82, 2.24) is 4.90 Å². The highest BCUT2D eigenvalue weighted by Gasteiger charge is 2.23. The van der Waals surface area contributed by atoms with Gasteiger partial charge in [0.2, 0.25) is 0 Å². The Bertz CT molecular complexity index is 511. The van der Waals surface area contributed by atoms with Crippen LogP contribution < -0.4 is 0 Å². The molecule has 0 aromatic heterocycles. The van der Waals surface area contributed by atoms with E-state index in [0.717, 1.165) is 25.8 Å². The van der Waals surface area contributed by atoms with E-state index < -0.39 is 0 Å². The van der Waals surface area contributed by atoms with E-state index in [1.165, 1.54) is 11.1 Å². The Morgan fingerprint density at radius 3 is 1.73 bits per heavy atom.